The summed E-state index contributed by atoms with van der Waals surface area (Å²) in [6, 6.07) is 13.0. The van der Waals surface area contributed by atoms with Crippen molar-refractivity contribution in [2.75, 3.05) is 5.32 Å². The Morgan fingerprint density at radius 1 is 0.857 bits per heavy atom. The van der Waals surface area contributed by atoms with Gasteiger partial charge in [0.25, 0.3) is 5.43 Å². The molecule has 21 heavy (non-hydrogen) atoms. The van der Waals surface area contributed by atoms with Gasteiger partial charge in [-0.3, -0.25) is 9.59 Å². The van der Waals surface area contributed by atoms with Crippen LogP contribution in [0.4, 0.5) is 15.8 Å². The summed E-state index contributed by atoms with van der Waals surface area (Å²) in [5.41, 5.74) is 1.94. The molecule has 104 valence electrons. The van der Waals surface area contributed by atoms with E-state index in [1.165, 1.54) is 24.3 Å². The molecular weight excluding hydrogens is 269 g/mol. The Balaban J connectivity index is 1.99. The van der Waals surface area contributed by atoms with E-state index in [-0.39, 0.29) is 11.5 Å². The first kappa shape index (κ1) is 13.2. The molecule has 0 amide bonds. The maximum absolute atomic E-state index is 12.9. The van der Waals surface area contributed by atoms with Gasteiger partial charge < -0.3 is 5.32 Å². The van der Waals surface area contributed by atoms with Gasteiger partial charge in [0.05, 0.1) is 5.56 Å². The highest BCUT2D eigenvalue weighted by Crippen LogP contribution is 2.26. The van der Waals surface area contributed by atoms with E-state index in [0.717, 1.165) is 5.56 Å². The van der Waals surface area contributed by atoms with Gasteiger partial charge in [0.2, 0.25) is 5.43 Å². The summed E-state index contributed by atoms with van der Waals surface area (Å²) >= 11 is 0. The lowest BCUT2D eigenvalue weighted by atomic mass is 9.97. The zero-order valence-corrected chi connectivity index (χ0v) is 11.3. The van der Waals surface area contributed by atoms with Gasteiger partial charge in [-0.15, -0.1) is 0 Å². The molecule has 0 aliphatic carbocycles. The van der Waals surface area contributed by atoms with Crippen molar-refractivity contribution in [1.29, 1.82) is 0 Å². The number of benzene rings is 2. The SMILES string of the molecule is Cc1ccc(-c2c(Nc3ccc(F)cc3)c(=O)c2=O)cc1. The molecule has 0 atom stereocenters. The highest BCUT2D eigenvalue weighted by atomic mass is 19.1. The highest BCUT2D eigenvalue weighted by Gasteiger charge is 2.22. The topological polar surface area (TPSA) is 46.2 Å². The molecule has 4 heteroatoms. The maximum Gasteiger partial charge on any atom is 0.250 e. The third kappa shape index (κ3) is 2.36. The van der Waals surface area contributed by atoms with Crippen molar-refractivity contribution < 1.29 is 4.39 Å². The van der Waals surface area contributed by atoms with Gasteiger partial charge in [-0.25, -0.2) is 4.39 Å². The smallest absolute Gasteiger partial charge is 0.250 e. The molecule has 3 aromatic rings. The van der Waals surface area contributed by atoms with Crippen LogP contribution in [0.2, 0.25) is 0 Å². The Morgan fingerprint density at radius 2 is 1.48 bits per heavy atom. The number of halogens is 1. The summed E-state index contributed by atoms with van der Waals surface area (Å²) in [6.45, 7) is 1.95. The van der Waals surface area contributed by atoms with Crippen molar-refractivity contribution in [1.82, 2.24) is 0 Å². The fourth-order valence-corrected chi connectivity index (χ4v) is 2.18. The molecule has 0 unspecified atom stereocenters. The van der Waals surface area contributed by atoms with Crippen LogP contribution in [-0.2, 0) is 0 Å². The van der Waals surface area contributed by atoms with Crippen LogP contribution >= 0.6 is 0 Å². The van der Waals surface area contributed by atoms with Crippen LogP contribution in [0.3, 0.4) is 0 Å². The van der Waals surface area contributed by atoms with Crippen molar-refractivity contribution in [3.05, 3.63) is 80.4 Å². The number of hydrogen-bond donors (Lipinski definition) is 1. The molecule has 0 aromatic heterocycles. The van der Waals surface area contributed by atoms with Gasteiger partial charge in [-0.2, -0.15) is 0 Å². The zero-order valence-electron chi connectivity index (χ0n) is 11.3. The Morgan fingerprint density at radius 3 is 2.10 bits per heavy atom. The van der Waals surface area contributed by atoms with Crippen molar-refractivity contribution in [3.63, 3.8) is 0 Å². The van der Waals surface area contributed by atoms with Gasteiger partial charge in [-0.1, -0.05) is 29.8 Å². The first-order chi connectivity index (χ1) is 10.1. The van der Waals surface area contributed by atoms with E-state index in [4.69, 9.17) is 0 Å². The van der Waals surface area contributed by atoms with Gasteiger partial charge in [-0.05, 0) is 36.8 Å². The lowest BCUT2D eigenvalue weighted by Crippen LogP contribution is -2.35. The van der Waals surface area contributed by atoms with Crippen molar-refractivity contribution >= 4 is 11.4 Å². The van der Waals surface area contributed by atoms with E-state index in [1.54, 1.807) is 12.1 Å². The first-order valence-electron chi connectivity index (χ1n) is 6.49. The minimum atomic E-state index is -0.546. The lowest BCUT2D eigenvalue weighted by Gasteiger charge is -2.13. The summed E-state index contributed by atoms with van der Waals surface area (Å²) < 4.78 is 12.9. The Labute approximate surface area is 120 Å². The number of hydrogen-bond acceptors (Lipinski definition) is 3. The van der Waals surface area contributed by atoms with Crippen molar-refractivity contribution in [2.24, 2.45) is 0 Å². The van der Waals surface area contributed by atoms with Crippen molar-refractivity contribution in [3.8, 4) is 11.1 Å². The minimum Gasteiger partial charge on any atom is -0.352 e. The Kier molecular flexibility index (Phi) is 3.14. The first-order valence-corrected chi connectivity index (χ1v) is 6.49. The average molecular weight is 281 g/mol. The number of aryl methyl sites for hydroxylation is 1. The van der Waals surface area contributed by atoms with E-state index >= 15 is 0 Å². The summed E-state index contributed by atoms with van der Waals surface area (Å²) in [4.78, 5) is 23.5. The molecule has 0 saturated heterocycles. The predicted octanol–water partition coefficient (Wildman–Crippen LogP) is 3.14. The minimum absolute atomic E-state index is 0.260. The molecule has 0 saturated carbocycles. The fraction of sp³-hybridized carbons (Fsp3) is 0.0588. The second-order valence-electron chi connectivity index (χ2n) is 4.91. The number of nitrogens with one attached hydrogen (secondary N) is 1. The lowest BCUT2D eigenvalue weighted by molar-refractivity contribution is 0.628. The van der Waals surface area contributed by atoms with E-state index < -0.39 is 10.9 Å². The maximum atomic E-state index is 12.9. The van der Waals surface area contributed by atoms with Crippen LogP contribution < -0.4 is 16.2 Å². The van der Waals surface area contributed by atoms with Crippen LogP contribution in [0.15, 0.2) is 58.1 Å². The Hall–Kier alpha value is -2.75. The van der Waals surface area contributed by atoms with E-state index in [9.17, 15) is 14.0 Å². The summed E-state index contributed by atoms with van der Waals surface area (Å²) in [7, 11) is 0. The van der Waals surface area contributed by atoms with Crippen LogP contribution in [0, 0.1) is 12.7 Å². The Bertz CT molecular complexity index is 857. The monoisotopic (exact) mass is 281 g/mol. The van der Waals surface area contributed by atoms with Gasteiger partial charge >= 0.3 is 0 Å². The second kappa shape index (κ2) is 4.98. The molecular formula is C17H12FNO2. The highest BCUT2D eigenvalue weighted by molar-refractivity contribution is 5.84. The zero-order chi connectivity index (χ0) is 15.0. The molecule has 0 fully saturated rings. The van der Waals surface area contributed by atoms with E-state index in [1.807, 2.05) is 19.1 Å². The third-order valence-corrected chi connectivity index (χ3v) is 3.36. The van der Waals surface area contributed by atoms with Gasteiger partial charge in [0.1, 0.15) is 11.5 Å². The van der Waals surface area contributed by atoms with Crippen LogP contribution in [0.25, 0.3) is 11.1 Å². The van der Waals surface area contributed by atoms with Crippen LogP contribution in [0.5, 0.6) is 0 Å². The molecule has 0 aliphatic heterocycles. The number of anilines is 2. The standard InChI is InChI=1S/C17H12FNO2/c1-10-2-4-11(5-3-10)14-15(17(21)16(14)20)19-13-8-6-12(18)7-9-13/h2-9,19H,1H3. The van der Waals surface area contributed by atoms with Crippen LogP contribution in [-0.4, -0.2) is 0 Å². The second-order valence-corrected chi connectivity index (χ2v) is 4.91. The predicted molar refractivity (Wildman–Crippen MR) is 81.2 cm³/mol. The molecule has 3 rings (SSSR count). The largest absolute Gasteiger partial charge is 0.352 e. The summed E-state index contributed by atoms with van der Waals surface area (Å²) in [5, 5.41) is 2.89. The number of rotatable bonds is 3. The molecule has 0 radical (unpaired) electrons. The molecule has 0 aliphatic rings. The van der Waals surface area contributed by atoms with Crippen molar-refractivity contribution in [2.45, 2.75) is 6.92 Å². The normalized spacial score (nSPS) is 10.8. The third-order valence-electron chi connectivity index (χ3n) is 3.36. The van der Waals surface area contributed by atoms with Gasteiger partial charge in [0, 0.05) is 5.69 Å². The molecule has 0 heterocycles. The van der Waals surface area contributed by atoms with E-state index in [2.05, 4.69) is 5.32 Å². The van der Waals surface area contributed by atoms with Crippen LogP contribution in [0.1, 0.15) is 5.56 Å². The molecule has 3 aromatic carbocycles. The fourth-order valence-electron chi connectivity index (χ4n) is 2.18. The molecule has 1 N–H and O–H groups in total. The molecule has 0 bridgehead atoms. The van der Waals surface area contributed by atoms with E-state index in [0.29, 0.717) is 16.8 Å². The summed E-state index contributed by atoms with van der Waals surface area (Å²) in [5.74, 6) is -0.357. The van der Waals surface area contributed by atoms with Gasteiger partial charge in [0.15, 0.2) is 0 Å². The molecule has 0 spiro atoms. The summed E-state index contributed by atoms with van der Waals surface area (Å²) in [6.07, 6.45) is 0. The average Bonchev–Trinajstić information content (AvgIpc) is 2.50. The quantitative estimate of drug-likeness (QED) is 0.750. The molecule has 3 nitrogen and oxygen atoms in total.